The van der Waals surface area contributed by atoms with Crippen LogP contribution in [0.2, 0.25) is 0 Å². The zero-order valence-corrected chi connectivity index (χ0v) is 8.90. The molecule has 0 aliphatic heterocycles. The Bertz CT molecular complexity index is 398. The van der Waals surface area contributed by atoms with Crippen molar-refractivity contribution < 1.29 is 4.79 Å². The molecule has 0 fully saturated rings. The van der Waals surface area contributed by atoms with Gasteiger partial charge in [0, 0.05) is 6.29 Å². The third-order valence-electron chi connectivity index (χ3n) is 1.70. The van der Waals surface area contributed by atoms with E-state index < -0.39 is 0 Å². The van der Waals surface area contributed by atoms with Crippen molar-refractivity contribution in [3.05, 3.63) is 29.1 Å². The first-order chi connectivity index (χ1) is 6.69. The highest BCUT2D eigenvalue weighted by Crippen LogP contribution is 2.05. The molecule has 1 N–H and O–H groups in total. The lowest BCUT2D eigenvalue weighted by atomic mass is 10.2. The van der Waals surface area contributed by atoms with Crippen molar-refractivity contribution in [3.63, 3.8) is 0 Å². The van der Waals surface area contributed by atoms with Gasteiger partial charge in [-0.3, -0.25) is 4.79 Å². The topological polar surface area (TPSA) is 65.8 Å². The molecule has 72 valence electrons. The first kappa shape index (κ1) is 10.6. The molecule has 1 rings (SSSR count). The molecule has 1 aromatic heterocycles. The van der Waals surface area contributed by atoms with Gasteiger partial charge in [-0.05, 0) is 19.1 Å². The second-order valence-electron chi connectivity index (χ2n) is 2.65. The second kappa shape index (κ2) is 4.69. The second-order valence-corrected chi connectivity index (χ2v) is 3.06. The highest BCUT2D eigenvalue weighted by molar-refractivity contribution is 7.16. The maximum atomic E-state index is 11.3. The van der Waals surface area contributed by atoms with Crippen molar-refractivity contribution in [2.24, 2.45) is 0 Å². The smallest absolute Gasteiger partial charge is 0.270 e. The van der Waals surface area contributed by atoms with E-state index in [1.807, 2.05) is 6.07 Å². The van der Waals surface area contributed by atoms with E-state index in [9.17, 15) is 4.79 Å². The Hall–Kier alpha value is -1.46. The predicted molar refractivity (Wildman–Crippen MR) is 55.7 cm³/mol. The number of nitrogens with one attached hydrogen (secondary N) is 1. The molecule has 4 nitrogen and oxygen atoms in total. The lowest BCUT2D eigenvalue weighted by Gasteiger charge is -2.02. The quantitative estimate of drug-likeness (QED) is 0.730. The van der Waals surface area contributed by atoms with Crippen LogP contribution in [0.3, 0.4) is 0 Å². The lowest BCUT2D eigenvalue weighted by molar-refractivity contribution is 0.0955. The Balaban J connectivity index is 2.98. The Labute approximate surface area is 84.5 Å². The number of aryl methyl sites for hydroxylation is 1. The van der Waals surface area contributed by atoms with Crippen LogP contribution in [-0.4, -0.2) is 17.2 Å². The number of carbonyl (C=O) groups is 1. The van der Waals surface area contributed by atoms with Gasteiger partial charge < -0.3 is 5.32 Å². The summed E-state index contributed by atoms with van der Waals surface area (Å²) < 4.78 is 0. The molecule has 0 saturated heterocycles. The van der Waals surface area contributed by atoms with E-state index >= 15 is 0 Å². The molecular formula is C9H10N3OP. The van der Waals surface area contributed by atoms with Crippen LogP contribution in [-0.2, 0) is 0 Å². The largest absolute Gasteiger partial charge is 0.347 e. The summed E-state index contributed by atoms with van der Waals surface area (Å²) in [6.07, 6.45) is 0.486. The number of aromatic nitrogens is 1. The van der Waals surface area contributed by atoms with Crippen LogP contribution >= 0.6 is 9.24 Å². The standard InChI is InChI=1S/C9H10N3OP/c1-6-7(4-10)2-3-8(12-6)9(13)11-5-14/h2-3H,5,14H2,1H3,(H,11,13). The molecule has 14 heavy (non-hydrogen) atoms. The van der Waals surface area contributed by atoms with Crippen LogP contribution in [0.4, 0.5) is 0 Å². The monoisotopic (exact) mass is 207 g/mol. The third-order valence-corrected chi connectivity index (χ3v) is 1.91. The summed E-state index contributed by atoms with van der Waals surface area (Å²) in [7, 11) is 2.39. The van der Waals surface area contributed by atoms with Gasteiger partial charge in [0.05, 0.1) is 11.3 Å². The highest BCUT2D eigenvalue weighted by Gasteiger charge is 2.07. The number of pyridine rings is 1. The Kier molecular flexibility index (Phi) is 3.55. The maximum Gasteiger partial charge on any atom is 0.270 e. The summed E-state index contributed by atoms with van der Waals surface area (Å²) >= 11 is 0. The van der Waals surface area contributed by atoms with E-state index in [0.717, 1.165) is 0 Å². The Morgan fingerprint density at radius 3 is 2.93 bits per heavy atom. The molecule has 5 heteroatoms. The van der Waals surface area contributed by atoms with Crippen LogP contribution in [0.15, 0.2) is 12.1 Å². The molecular weight excluding hydrogens is 197 g/mol. The molecule has 0 bridgehead atoms. The predicted octanol–water partition coefficient (Wildman–Crippen LogP) is 0.824. The van der Waals surface area contributed by atoms with Gasteiger partial charge in [0.15, 0.2) is 0 Å². The van der Waals surface area contributed by atoms with E-state index in [0.29, 0.717) is 23.2 Å². The van der Waals surface area contributed by atoms with Crippen molar-refractivity contribution in [3.8, 4) is 6.07 Å². The Morgan fingerprint density at radius 1 is 1.71 bits per heavy atom. The van der Waals surface area contributed by atoms with Crippen molar-refractivity contribution in [2.75, 3.05) is 6.29 Å². The lowest BCUT2D eigenvalue weighted by Crippen LogP contribution is -2.22. The van der Waals surface area contributed by atoms with E-state index in [2.05, 4.69) is 19.5 Å². The summed E-state index contributed by atoms with van der Waals surface area (Å²) in [5, 5.41) is 11.3. The Morgan fingerprint density at radius 2 is 2.43 bits per heavy atom. The first-order valence-corrected chi connectivity index (χ1v) is 4.86. The molecule has 0 saturated carbocycles. The summed E-state index contributed by atoms with van der Waals surface area (Å²) in [4.78, 5) is 15.3. The van der Waals surface area contributed by atoms with Gasteiger partial charge in [-0.25, -0.2) is 4.98 Å². The normalized spacial score (nSPS) is 9.21. The highest BCUT2D eigenvalue weighted by atomic mass is 31.0. The fourth-order valence-electron chi connectivity index (χ4n) is 0.989. The minimum absolute atomic E-state index is 0.229. The number of hydrogen-bond acceptors (Lipinski definition) is 3. The molecule has 0 spiro atoms. The van der Waals surface area contributed by atoms with E-state index in [1.54, 1.807) is 19.1 Å². The van der Waals surface area contributed by atoms with E-state index in [4.69, 9.17) is 5.26 Å². The van der Waals surface area contributed by atoms with Gasteiger partial charge in [0.25, 0.3) is 5.91 Å². The maximum absolute atomic E-state index is 11.3. The average Bonchev–Trinajstić information content (AvgIpc) is 2.18. The van der Waals surface area contributed by atoms with Gasteiger partial charge in [0.2, 0.25) is 0 Å². The SMILES string of the molecule is Cc1nc(C(=O)NCP)ccc1C#N. The minimum atomic E-state index is -0.229. The summed E-state index contributed by atoms with van der Waals surface area (Å²) in [5.74, 6) is -0.229. The zero-order valence-electron chi connectivity index (χ0n) is 7.74. The molecule has 0 aromatic carbocycles. The molecule has 0 aliphatic rings. The fraction of sp³-hybridized carbons (Fsp3) is 0.222. The molecule has 1 atom stereocenters. The molecule has 1 heterocycles. The van der Waals surface area contributed by atoms with Gasteiger partial charge in [-0.1, -0.05) is 0 Å². The molecule has 0 radical (unpaired) electrons. The van der Waals surface area contributed by atoms with Gasteiger partial charge in [-0.15, -0.1) is 9.24 Å². The fourth-order valence-corrected chi connectivity index (χ4v) is 1.17. The van der Waals surface area contributed by atoms with Crippen molar-refractivity contribution in [1.29, 1.82) is 5.26 Å². The van der Waals surface area contributed by atoms with E-state index in [-0.39, 0.29) is 5.91 Å². The van der Waals surface area contributed by atoms with Crippen LogP contribution in [0.1, 0.15) is 21.7 Å². The van der Waals surface area contributed by atoms with Crippen LogP contribution in [0.5, 0.6) is 0 Å². The molecule has 1 amide bonds. The van der Waals surface area contributed by atoms with Gasteiger partial charge >= 0.3 is 0 Å². The minimum Gasteiger partial charge on any atom is -0.347 e. The third kappa shape index (κ3) is 2.27. The summed E-state index contributed by atoms with van der Waals surface area (Å²) in [6.45, 7) is 1.70. The van der Waals surface area contributed by atoms with Gasteiger partial charge in [0.1, 0.15) is 11.8 Å². The number of hydrogen-bond donors (Lipinski definition) is 1. The number of carbonyl (C=O) groups excluding carboxylic acids is 1. The summed E-state index contributed by atoms with van der Waals surface area (Å²) in [5.41, 5.74) is 1.40. The molecule has 1 unspecified atom stereocenters. The molecule has 1 aromatic rings. The number of amides is 1. The molecule has 0 aliphatic carbocycles. The van der Waals surface area contributed by atoms with Crippen LogP contribution < -0.4 is 5.32 Å². The van der Waals surface area contributed by atoms with Crippen molar-refractivity contribution >= 4 is 15.1 Å². The number of nitriles is 1. The van der Waals surface area contributed by atoms with E-state index in [1.165, 1.54) is 0 Å². The van der Waals surface area contributed by atoms with Crippen molar-refractivity contribution in [2.45, 2.75) is 6.92 Å². The number of rotatable bonds is 2. The van der Waals surface area contributed by atoms with Gasteiger partial charge in [-0.2, -0.15) is 5.26 Å². The first-order valence-electron chi connectivity index (χ1n) is 4.05. The van der Waals surface area contributed by atoms with Crippen LogP contribution in [0, 0.1) is 18.3 Å². The average molecular weight is 207 g/mol. The van der Waals surface area contributed by atoms with Crippen LogP contribution in [0.25, 0.3) is 0 Å². The summed E-state index contributed by atoms with van der Waals surface area (Å²) in [6, 6.07) is 5.14. The number of nitrogens with zero attached hydrogens (tertiary/aromatic N) is 2. The van der Waals surface area contributed by atoms with Crippen molar-refractivity contribution in [1.82, 2.24) is 10.3 Å². The zero-order chi connectivity index (χ0) is 10.6.